The van der Waals surface area contributed by atoms with Gasteiger partial charge in [0.25, 0.3) is 5.91 Å². The summed E-state index contributed by atoms with van der Waals surface area (Å²) in [4.78, 5) is 18.4. The second-order valence-electron chi connectivity index (χ2n) is 5.35. The number of β-amino-alcohol motifs (C(OH)–C–C–N with tert-alkyl or cyclic N) is 1. The van der Waals surface area contributed by atoms with Crippen LogP contribution >= 0.6 is 0 Å². The molecule has 1 aliphatic rings. The van der Waals surface area contributed by atoms with Gasteiger partial charge in [-0.3, -0.25) is 9.78 Å². The molecule has 7 heteroatoms. The summed E-state index contributed by atoms with van der Waals surface area (Å²) >= 11 is 0. The number of rotatable bonds is 2. The molecular weight excluding hydrogens is 270 g/mol. The summed E-state index contributed by atoms with van der Waals surface area (Å²) in [7, 11) is 0. The van der Waals surface area contributed by atoms with E-state index in [4.69, 9.17) is 0 Å². The number of carbonyl (C=O) groups excluding carboxylic acids is 1. The highest BCUT2D eigenvalue weighted by atomic mass is 16.3. The van der Waals surface area contributed by atoms with E-state index in [1.165, 1.54) is 6.20 Å². The summed E-state index contributed by atoms with van der Waals surface area (Å²) in [5.74, 6) is -0.109. The molecule has 3 rings (SSSR count). The van der Waals surface area contributed by atoms with Crippen molar-refractivity contribution in [2.45, 2.75) is 25.4 Å². The Morgan fingerprint density at radius 1 is 1.52 bits per heavy atom. The van der Waals surface area contributed by atoms with Crippen LogP contribution in [0.4, 0.5) is 0 Å². The minimum absolute atomic E-state index is 0.109. The number of hydrogen-bond donors (Lipinski definition) is 2. The van der Waals surface area contributed by atoms with E-state index in [9.17, 15) is 9.90 Å². The maximum Gasteiger partial charge on any atom is 0.255 e. The number of nitrogens with one attached hydrogen (secondary N) is 1. The number of aromatic amines is 1. The van der Waals surface area contributed by atoms with Crippen LogP contribution in [0, 0.1) is 6.92 Å². The summed E-state index contributed by atoms with van der Waals surface area (Å²) in [5.41, 5.74) is 0.597. The lowest BCUT2D eigenvalue weighted by atomic mass is 9.89. The molecule has 0 aliphatic carbocycles. The Balaban J connectivity index is 1.84. The smallest absolute Gasteiger partial charge is 0.255 e. The molecule has 2 aromatic rings. The Kier molecular flexibility index (Phi) is 3.42. The molecular formula is C14H17N5O2. The summed E-state index contributed by atoms with van der Waals surface area (Å²) in [5, 5.41) is 20.9. The van der Waals surface area contributed by atoms with Gasteiger partial charge in [-0.1, -0.05) is 0 Å². The van der Waals surface area contributed by atoms with Crippen molar-refractivity contribution in [3.63, 3.8) is 0 Å². The molecule has 2 aromatic heterocycles. The van der Waals surface area contributed by atoms with Gasteiger partial charge in [0.15, 0.2) is 0 Å². The molecule has 1 aliphatic heterocycles. The van der Waals surface area contributed by atoms with Gasteiger partial charge in [-0.25, -0.2) is 0 Å². The maximum atomic E-state index is 12.6. The summed E-state index contributed by atoms with van der Waals surface area (Å²) in [6, 6.07) is 3.50. The third-order valence-electron chi connectivity index (χ3n) is 3.89. The Labute approximate surface area is 122 Å². The molecule has 1 atom stereocenters. The highest BCUT2D eigenvalue weighted by molar-refractivity contribution is 5.95. The van der Waals surface area contributed by atoms with Crippen molar-refractivity contribution < 1.29 is 9.90 Å². The van der Waals surface area contributed by atoms with Gasteiger partial charge in [0.05, 0.1) is 18.3 Å². The number of likely N-dealkylation sites (tertiary alicyclic amines) is 1. The lowest BCUT2D eigenvalue weighted by Gasteiger charge is -2.38. The lowest BCUT2D eigenvalue weighted by molar-refractivity contribution is -0.0320. The molecule has 1 saturated heterocycles. The number of nitrogens with zero attached hydrogens (tertiary/aromatic N) is 4. The van der Waals surface area contributed by atoms with Crippen molar-refractivity contribution in [1.82, 2.24) is 25.3 Å². The number of aryl methyl sites for hydroxylation is 1. The fourth-order valence-corrected chi connectivity index (χ4v) is 2.73. The monoisotopic (exact) mass is 287 g/mol. The molecule has 0 saturated carbocycles. The van der Waals surface area contributed by atoms with Gasteiger partial charge >= 0.3 is 0 Å². The van der Waals surface area contributed by atoms with Crippen LogP contribution in [0.15, 0.2) is 24.5 Å². The zero-order valence-electron chi connectivity index (χ0n) is 11.8. The normalized spacial score (nSPS) is 22.3. The molecule has 0 radical (unpaired) electrons. The largest absolute Gasteiger partial charge is 0.382 e. The molecule has 1 fully saturated rings. The predicted molar refractivity (Wildman–Crippen MR) is 74.4 cm³/mol. The minimum Gasteiger partial charge on any atom is -0.382 e. The van der Waals surface area contributed by atoms with Gasteiger partial charge in [0.2, 0.25) is 0 Å². The van der Waals surface area contributed by atoms with Crippen molar-refractivity contribution in [3.05, 3.63) is 41.5 Å². The number of amides is 1. The average molecular weight is 287 g/mol. The number of carbonyl (C=O) groups is 1. The molecule has 3 heterocycles. The van der Waals surface area contributed by atoms with Crippen LogP contribution in [-0.2, 0) is 5.60 Å². The fourth-order valence-electron chi connectivity index (χ4n) is 2.73. The van der Waals surface area contributed by atoms with Crippen molar-refractivity contribution in [3.8, 4) is 0 Å². The molecule has 1 amide bonds. The first-order valence-corrected chi connectivity index (χ1v) is 6.90. The third-order valence-corrected chi connectivity index (χ3v) is 3.89. The topological polar surface area (TPSA) is 95.0 Å². The number of piperidine rings is 1. The van der Waals surface area contributed by atoms with Gasteiger partial charge in [0.1, 0.15) is 11.3 Å². The summed E-state index contributed by atoms with van der Waals surface area (Å²) in [6.07, 6.45) is 4.45. The quantitative estimate of drug-likeness (QED) is 0.845. The zero-order chi connectivity index (χ0) is 14.9. The van der Waals surface area contributed by atoms with Crippen LogP contribution in [-0.4, -0.2) is 49.4 Å². The minimum atomic E-state index is -1.14. The zero-order valence-corrected chi connectivity index (χ0v) is 11.8. The standard InChI is InChI=1S/C14H17N5O2/c1-10-11(4-2-6-15-10)13(20)19-7-3-5-14(21,9-19)12-8-16-18-17-12/h2,4,6,8,21H,3,5,7,9H2,1H3,(H,16,17,18)/t14-/m0/s1. The highest BCUT2D eigenvalue weighted by Gasteiger charge is 2.39. The van der Waals surface area contributed by atoms with E-state index in [-0.39, 0.29) is 12.5 Å². The van der Waals surface area contributed by atoms with E-state index < -0.39 is 5.60 Å². The first-order chi connectivity index (χ1) is 10.1. The number of aliphatic hydroxyl groups is 1. The average Bonchev–Trinajstić information content (AvgIpc) is 3.02. The molecule has 7 nitrogen and oxygen atoms in total. The van der Waals surface area contributed by atoms with Crippen LogP contribution in [0.2, 0.25) is 0 Å². The molecule has 0 spiro atoms. The number of hydrogen-bond acceptors (Lipinski definition) is 5. The number of pyridine rings is 1. The van der Waals surface area contributed by atoms with E-state index in [0.717, 1.165) is 0 Å². The Bertz CT molecular complexity index is 643. The van der Waals surface area contributed by atoms with Crippen molar-refractivity contribution >= 4 is 5.91 Å². The molecule has 0 bridgehead atoms. The van der Waals surface area contributed by atoms with Gasteiger partial charge in [-0.15, -0.1) is 0 Å². The van der Waals surface area contributed by atoms with Gasteiger partial charge in [0, 0.05) is 18.4 Å². The SMILES string of the molecule is Cc1ncccc1C(=O)N1CCC[C@@](O)(c2cn[nH]n2)C1. The summed E-state index contributed by atoms with van der Waals surface area (Å²) in [6.45, 7) is 2.64. The maximum absolute atomic E-state index is 12.6. The van der Waals surface area contributed by atoms with Crippen molar-refractivity contribution in [2.75, 3.05) is 13.1 Å². The predicted octanol–water partition coefficient (Wildman–Crippen LogP) is 0.632. The number of aromatic nitrogens is 4. The van der Waals surface area contributed by atoms with E-state index in [0.29, 0.717) is 36.3 Å². The molecule has 0 unspecified atom stereocenters. The number of H-pyrrole nitrogens is 1. The van der Waals surface area contributed by atoms with E-state index >= 15 is 0 Å². The van der Waals surface area contributed by atoms with Gasteiger partial charge < -0.3 is 10.0 Å². The molecule has 110 valence electrons. The molecule has 2 N–H and O–H groups in total. The lowest BCUT2D eigenvalue weighted by Crippen LogP contribution is -2.48. The van der Waals surface area contributed by atoms with E-state index in [1.807, 2.05) is 0 Å². The Hall–Kier alpha value is -2.28. The van der Waals surface area contributed by atoms with Crippen LogP contribution < -0.4 is 0 Å². The summed E-state index contributed by atoms with van der Waals surface area (Å²) < 4.78 is 0. The van der Waals surface area contributed by atoms with E-state index in [1.54, 1.807) is 30.2 Å². The highest BCUT2D eigenvalue weighted by Crippen LogP contribution is 2.30. The van der Waals surface area contributed by atoms with Crippen LogP contribution in [0.3, 0.4) is 0 Å². The Morgan fingerprint density at radius 2 is 2.38 bits per heavy atom. The first-order valence-electron chi connectivity index (χ1n) is 6.90. The first kappa shape index (κ1) is 13.7. The van der Waals surface area contributed by atoms with Gasteiger partial charge in [-0.2, -0.15) is 15.4 Å². The fraction of sp³-hybridized carbons (Fsp3) is 0.429. The second-order valence-corrected chi connectivity index (χ2v) is 5.35. The second kappa shape index (κ2) is 5.25. The van der Waals surface area contributed by atoms with Crippen LogP contribution in [0.25, 0.3) is 0 Å². The van der Waals surface area contributed by atoms with Crippen molar-refractivity contribution in [1.29, 1.82) is 0 Å². The third kappa shape index (κ3) is 2.52. The van der Waals surface area contributed by atoms with Crippen LogP contribution in [0.1, 0.15) is 34.6 Å². The van der Waals surface area contributed by atoms with Crippen molar-refractivity contribution in [2.24, 2.45) is 0 Å². The molecule has 21 heavy (non-hydrogen) atoms. The van der Waals surface area contributed by atoms with Gasteiger partial charge in [-0.05, 0) is 31.9 Å². The molecule has 0 aromatic carbocycles. The Morgan fingerprint density at radius 3 is 3.10 bits per heavy atom. The van der Waals surface area contributed by atoms with E-state index in [2.05, 4.69) is 20.4 Å². The van der Waals surface area contributed by atoms with Crippen LogP contribution in [0.5, 0.6) is 0 Å².